The average Bonchev–Trinajstić information content (AvgIpc) is 2.98. The van der Waals surface area contributed by atoms with Gasteiger partial charge in [0.15, 0.2) is 28.4 Å². The third-order valence-electron chi connectivity index (χ3n) is 3.63. The summed E-state index contributed by atoms with van der Waals surface area (Å²) < 4.78 is 28.1. The van der Waals surface area contributed by atoms with E-state index in [4.69, 9.17) is 0 Å². The number of carbonyl (C=O) groups is 1. The molecular weight excluding hydrogens is 346 g/mol. The molecule has 3 rings (SSSR count). The number of pyridine rings is 1. The molecule has 8 heteroatoms. The maximum atomic E-state index is 13.3. The summed E-state index contributed by atoms with van der Waals surface area (Å²) in [6.07, 6.45) is 3.32. The number of Topliss-reactive ketones (excluding diaryl/α,β-unsaturated/α-hetero) is 1. The van der Waals surface area contributed by atoms with E-state index in [9.17, 15) is 13.6 Å². The van der Waals surface area contributed by atoms with Crippen LogP contribution in [0.3, 0.4) is 0 Å². The second kappa shape index (κ2) is 7.10. The third-order valence-corrected chi connectivity index (χ3v) is 4.76. The van der Waals surface area contributed by atoms with Crippen molar-refractivity contribution in [1.82, 2.24) is 19.7 Å². The molecule has 2 aromatic heterocycles. The van der Waals surface area contributed by atoms with Crippen molar-refractivity contribution in [2.75, 3.05) is 0 Å². The van der Waals surface area contributed by atoms with Gasteiger partial charge in [0, 0.05) is 30.6 Å². The van der Waals surface area contributed by atoms with Gasteiger partial charge in [0.2, 0.25) is 0 Å². The molecular formula is C17H14F2N4OS. The summed E-state index contributed by atoms with van der Waals surface area (Å²) in [7, 11) is 1.80. The Morgan fingerprint density at radius 1 is 1.12 bits per heavy atom. The lowest BCUT2D eigenvalue weighted by Crippen LogP contribution is -2.15. The Hall–Kier alpha value is -2.61. The zero-order valence-corrected chi connectivity index (χ0v) is 14.3. The first-order valence-electron chi connectivity index (χ1n) is 7.43. The van der Waals surface area contributed by atoms with Gasteiger partial charge >= 0.3 is 0 Å². The Kier molecular flexibility index (Phi) is 4.89. The zero-order valence-electron chi connectivity index (χ0n) is 13.5. The van der Waals surface area contributed by atoms with Crippen LogP contribution in [0.5, 0.6) is 0 Å². The normalized spacial score (nSPS) is 12.2. The molecule has 0 aliphatic rings. The predicted molar refractivity (Wildman–Crippen MR) is 90.2 cm³/mol. The van der Waals surface area contributed by atoms with Crippen LogP contribution in [-0.2, 0) is 7.05 Å². The second-order valence-electron chi connectivity index (χ2n) is 5.35. The number of thioether (sulfide) groups is 1. The van der Waals surface area contributed by atoms with Crippen LogP contribution in [0.2, 0.25) is 0 Å². The van der Waals surface area contributed by atoms with Crippen molar-refractivity contribution in [2.24, 2.45) is 7.05 Å². The minimum Gasteiger partial charge on any atom is -0.305 e. The number of halogens is 2. The van der Waals surface area contributed by atoms with Crippen LogP contribution in [0.4, 0.5) is 8.78 Å². The highest BCUT2D eigenvalue weighted by molar-refractivity contribution is 8.00. The lowest BCUT2D eigenvalue weighted by molar-refractivity contribution is 0.0993. The van der Waals surface area contributed by atoms with Gasteiger partial charge in [-0.25, -0.2) is 8.78 Å². The molecule has 128 valence electrons. The first-order valence-corrected chi connectivity index (χ1v) is 8.31. The van der Waals surface area contributed by atoms with Crippen LogP contribution >= 0.6 is 11.8 Å². The molecule has 1 atom stereocenters. The van der Waals surface area contributed by atoms with Crippen molar-refractivity contribution < 1.29 is 13.6 Å². The molecule has 0 aliphatic carbocycles. The highest BCUT2D eigenvalue weighted by atomic mass is 32.2. The summed E-state index contributed by atoms with van der Waals surface area (Å²) in [5, 5.41) is 8.27. The summed E-state index contributed by atoms with van der Waals surface area (Å²) in [5.74, 6) is -1.68. The summed E-state index contributed by atoms with van der Waals surface area (Å²) in [4.78, 5) is 16.4. The molecule has 0 saturated carbocycles. The highest BCUT2D eigenvalue weighted by Crippen LogP contribution is 2.27. The zero-order chi connectivity index (χ0) is 18.0. The number of hydrogen-bond donors (Lipinski definition) is 0. The van der Waals surface area contributed by atoms with Gasteiger partial charge < -0.3 is 4.57 Å². The van der Waals surface area contributed by atoms with Crippen LogP contribution in [0.25, 0.3) is 11.4 Å². The first kappa shape index (κ1) is 17.2. The van der Waals surface area contributed by atoms with Crippen molar-refractivity contribution in [3.05, 3.63) is 59.9 Å². The van der Waals surface area contributed by atoms with Gasteiger partial charge in [-0.3, -0.25) is 9.78 Å². The van der Waals surface area contributed by atoms with Gasteiger partial charge in [-0.1, -0.05) is 11.8 Å². The Morgan fingerprint density at radius 2 is 1.84 bits per heavy atom. The molecule has 5 nitrogen and oxygen atoms in total. The van der Waals surface area contributed by atoms with E-state index in [1.165, 1.54) is 17.8 Å². The van der Waals surface area contributed by atoms with Gasteiger partial charge in [0.25, 0.3) is 0 Å². The quantitative estimate of drug-likeness (QED) is 0.515. The molecule has 0 amide bonds. The number of rotatable bonds is 5. The third kappa shape index (κ3) is 3.58. The van der Waals surface area contributed by atoms with Crippen molar-refractivity contribution >= 4 is 17.5 Å². The van der Waals surface area contributed by atoms with E-state index in [1.54, 1.807) is 30.9 Å². The second-order valence-corrected chi connectivity index (χ2v) is 6.66. The summed E-state index contributed by atoms with van der Waals surface area (Å²) >= 11 is 1.21. The van der Waals surface area contributed by atoms with Gasteiger partial charge in [-0.15, -0.1) is 10.2 Å². The van der Waals surface area contributed by atoms with Gasteiger partial charge in [0.1, 0.15) is 0 Å². The van der Waals surface area contributed by atoms with Crippen molar-refractivity contribution in [3.63, 3.8) is 0 Å². The Labute approximate surface area is 147 Å². The average molecular weight is 360 g/mol. The van der Waals surface area contributed by atoms with Crippen LogP contribution < -0.4 is 0 Å². The molecule has 0 N–H and O–H groups in total. The summed E-state index contributed by atoms with van der Waals surface area (Å²) in [5.41, 5.74) is 0.979. The molecule has 0 bridgehead atoms. The number of hydrogen-bond acceptors (Lipinski definition) is 5. The Bertz CT molecular complexity index is 914. The van der Waals surface area contributed by atoms with Crippen LogP contribution in [0.15, 0.2) is 47.9 Å². The fraction of sp³-hybridized carbons (Fsp3) is 0.176. The van der Waals surface area contributed by atoms with E-state index in [-0.39, 0.29) is 11.3 Å². The maximum absolute atomic E-state index is 13.3. The van der Waals surface area contributed by atoms with Gasteiger partial charge in [-0.2, -0.15) is 0 Å². The molecule has 25 heavy (non-hydrogen) atoms. The molecule has 3 aromatic rings. The number of ketones is 1. The molecule has 0 unspecified atom stereocenters. The minimum atomic E-state index is -1.04. The molecule has 0 saturated heterocycles. The van der Waals surface area contributed by atoms with E-state index in [0.29, 0.717) is 11.0 Å². The maximum Gasteiger partial charge on any atom is 0.191 e. The summed E-state index contributed by atoms with van der Waals surface area (Å²) in [6, 6.07) is 6.76. The molecule has 0 spiro atoms. The van der Waals surface area contributed by atoms with Gasteiger partial charge in [0.05, 0.1) is 5.25 Å². The standard InChI is InChI=1S/C17H14F2N4OS/c1-10(15(24)12-3-4-13(18)14(19)9-12)25-17-22-21-16(23(17)2)11-5-7-20-8-6-11/h3-10H,1-2H3/t10-/m1/s1. The first-order chi connectivity index (χ1) is 12.0. The smallest absolute Gasteiger partial charge is 0.191 e. The van der Waals surface area contributed by atoms with Crippen LogP contribution in [-0.4, -0.2) is 30.8 Å². The Balaban J connectivity index is 1.79. The lowest BCUT2D eigenvalue weighted by atomic mass is 10.1. The van der Waals surface area contributed by atoms with E-state index in [2.05, 4.69) is 15.2 Å². The Morgan fingerprint density at radius 3 is 2.52 bits per heavy atom. The van der Waals surface area contributed by atoms with Crippen LogP contribution in [0.1, 0.15) is 17.3 Å². The lowest BCUT2D eigenvalue weighted by Gasteiger charge is -2.10. The number of carbonyl (C=O) groups excluding carboxylic acids is 1. The molecule has 1 aromatic carbocycles. The molecule has 2 heterocycles. The van der Waals surface area contributed by atoms with E-state index in [0.717, 1.165) is 17.7 Å². The number of benzene rings is 1. The van der Waals surface area contributed by atoms with Crippen molar-refractivity contribution in [3.8, 4) is 11.4 Å². The molecule has 0 fully saturated rings. The topological polar surface area (TPSA) is 60.7 Å². The molecule has 0 radical (unpaired) electrons. The van der Waals surface area contributed by atoms with E-state index < -0.39 is 16.9 Å². The predicted octanol–water partition coefficient (Wildman–Crippen LogP) is 3.52. The number of aromatic nitrogens is 4. The monoisotopic (exact) mass is 360 g/mol. The van der Waals surface area contributed by atoms with Crippen molar-refractivity contribution in [2.45, 2.75) is 17.3 Å². The largest absolute Gasteiger partial charge is 0.305 e. The summed E-state index contributed by atoms with van der Waals surface area (Å²) in [6.45, 7) is 1.69. The van der Waals surface area contributed by atoms with E-state index in [1.807, 2.05) is 12.1 Å². The highest BCUT2D eigenvalue weighted by Gasteiger charge is 2.21. The van der Waals surface area contributed by atoms with Crippen molar-refractivity contribution in [1.29, 1.82) is 0 Å². The number of nitrogens with zero attached hydrogens (tertiary/aromatic N) is 4. The molecule has 0 aliphatic heterocycles. The van der Waals surface area contributed by atoms with Crippen LogP contribution in [0, 0.1) is 11.6 Å². The fourth-order valence-corrected chi connectivity index (χ4v) is 3.16. The SMILES string of the molecule is C[C@@H](Sc1nnc(-c2ccncc2)n1C)C(=O)c1ccc(F)c(F)c1. The fourth-order valence-electron chi connectivity index (χ4n) is 2.27. The van der Waals surface area contributed by atoms with Gasteiger partial charge in [-0.05, 0) is 37.3 Å². The minimum absolute atomic E-state index is 0.121. The van der Waals surface area contributed by atoms with E-state index >= 15 is 0 Å².